The summed E-state index contributed by atoms with van der Waals surface area (Å²) in [6.45, 7) is 5.88. The first kappa shape index (κ1) is 17.6. The monoisotopic (exact) mass is 289 g/mol. The highest BCUT2D eigenvalue weighted by atomic mass is 32.2. The van der Waals surface area contributed by atoms with Gasteiger partial charge in [0.05, 0.1) is 17.5 Å². The minimum Gasteiger partial charge on any atom is -0.294 e. The number of carbonyl (C=O) groups is 1. The van der Waals surface area contributed by atoms with Gasteiger partial charge in [-0.25, -0.2) is 12.8 Å². The summed E-state index contributed by atoms with van der Waals surface area (Å²) in [6, 6.07) is 3.62. The molecule has 0 aliphatic heterocycles. The molecule has 6 heteroatoms. The summed E-state index contributed by atoms with van der Waals surface area (Å²) in [5, 5.41) is 0. The summed E-state index contributed by atoms with van der Waals surface area (Å²) < 4.78 is 37.3. The van der Waals surface area contributed by atoms with Gasteiger partial charge >= 0.3 is 0 Å². The Balaban J connectivity index is 0.000000982. The number of Topliss-reactive ketones (excluding diaryl/α,β-unsaturated/α-hetero) is 1. The highest BCUT2D eigenvalue weighted by molar-refractivity contribution is 7.92. The Bertz CT molecular complexity index is 527. The average molecular weight is 289 g/mol. The molecule has 0 aliphatic rings. The molecule has 0 saturated heterocycles. The molecule has 0 aliphatic carbocycles. The van der Waals surface area contributed by atoms with Crippen LogP contribution >= 0.6 is 0 Å². The van der Waals surface area contributed by atoms with Crippen LogP contribution in [0.1, 0.15) is 44.0 Å². The predicted molar refractivity (Wildman–Crippen MR) is 75.5 cm³/mol. The van der Waals surface area contributed by atoms with Crippen molar-refractivity contribution in [3.05, 3.63) is 29.6 Å². The molecular weight excluding hydrogens is 269 g/mol. The Kier molecular flexibility index (Phi) is 7.29. The van der Waals surface area contributed by atoms with Gasteiger partial charge in [-0.3, -0.25) is 9.52 Å². The lowest BCUT2D eigenvalue weighted by atomic mass is 10.1. The molecule has 0 unspecified atom stereocenters. The maximum atomic E-state index is 13.4. The topological polar surface area (TPSA) is 63.2 Å². The number of halogens is 1. The van der Waals surface area contributed by atoms with E-state index in [1.54, 1.807) is 6.92 Å². The second kappa shape index (κ2) is 7.89. The van der Waals surface area contributed by atoms with Crippen molar-refractivity contribution < 1.29 is 17.6 Å². The van der Waals surface area contributed by atoms with Gasteiger partial charge in [0.25, 0.3) is 0 Å². The van der Waals surface area contributed by atoms with Gasteiger partial charge in [-0.05, 0) is 18.2 Å². The van der Waals surface area contributed by atoms with E-state index in [2.05, 4.69) is 18.6 Å². The third-order valence-electron chi connectivity index (χ3n) is 1.89. The van der Waals surface area contributed by atoms with E-state index in [4.69, 9.17) is 0 Å². The van der Waals surface area contributed by atoms with E-state index in [9.17, 15) is 17.6 Å². The summed E-state index contributed by atoms with van der Waals surface area (Å²) in [5.74, 6) is -1.04. The summed E-state index contributed by atoms with van der Waals surface area (Å²) in [6.07, 6.45) is 2.42. The fraction of sp³-hybridized carbons (Fsp3) is 0.462. The van der Waals surface area contributed by atoms with Gasteiger partial charge in [0.2, 0.25) is 10.0 Å². The fourth-order valence-corrected chi connectivity index (χ4v) is 1.76. The summed E-state index contributed by atoms with van der Waals surface area (Å²) in [5.41, 5.74) is 0.0780. The molecule has 0 saturated carbocycles. The number of hydrogen-bond donors (Lipinski definition) is 1. The van der Waals surface area contributed by atoms with Crippen LogP contribution in [0.2, 0.25) is 0 Å². The third-order valence-corrected chi connectivity index (χ3v) is 2.50. The zero-order valence-electron chi connectivity index (χ0n) is 11.7. The van der Waals surface area contributed by atoms with Crippen molar-refractivity contribution in [3.63, 3.8) is 0 Å². The quantitative estimate of drug-likeness (QED) is 0.866. The van der Waals surface area contributed by atoms with Crippen LogP contribution in [0.25, 0.3) is 0 Å². The van der Waals surface area contributed by atoms with Gasteiger partial charge in [-0.15, -0.1) is 0 Å². The van der Waals surface area contributed by atoms with Gasteiger partial charge in [0.1, 0.15) is 5.82 Å². The van der Waals surface area contributed by atoms with Gasteiger partial charge in [0, 0.05) is 6.42 Å². The molecule has 0 atom stereocenters. The molecule has 0 amide bonds. The molecule has 0 spiro atoms. The Morgan fingerprint density at radius 1 is 1.26 bits per heavy atom. The van der Waals surface area contributed by atoms with Gasteiger partial charge < -0.3 is 0 Å². The SMILES string of the molecule is CCC.CCC(=O)c1ccc(NS(C)(=O)=O)cc1F. The standard InChI is InChI=1S/C10H12FNO3S.C3H8/c1-3-10(13)8-5-4-7(6-9(8)11)12-16(2,14)15;1-3-2/h4-6,12H,3H2,1-2H3;3H2,1-2H3. The number of anilines is 1. The first-order valence-electron chi connectivity index (χ1n) is 6.05. The van der Waals surface area contributed by atoms with Crippen LogP contribution in [-0.4, -0.2) is 20.5 Å². The highest BCUT2D eigenvalue weighted by Crippen LogP contribution is 2.16. The first-order valence-corrected chi connectivity index (χ1v) is 7.94. The number of sulfonamides is 1. The Morgan fingerprint density at radius 3 is 2.16 bits per heavy atom. The molecule has 0 bridgehead atoms. The number of hydrogen-bond acceptors (Lipinski definition) is 3. The zero-order valence-corrected chi connectivity index (χ0v) is 12.5. The molecule has 1 aromatic carbocycles. The number of rotatable bonds is 4. The molecule has 1 rings (SSSR count). The molecule has 108 valence electrons. The second-order valence-corrected chi connectivity index (χ2v) is 5.80. The molecule has 0 radical (unpaired) electrons. The molecule has 0 fully saturated rings. The van der Waals surface area contributed by atoms with E-state index in [-0.39, 0.29) is 23.5 Å². The number of nitrogens with one attached hydrogen (secondary N) is 1. The lowest BCUT2D eigenvalue weighted by molar-refractivity contribution is 0.0984. The molecule has 1 aromatic rings. The summed E-state index contributed by atoms with van der Waals surface area (Å²) in [7, 11) is -3.43. The maximum absolute atomic E-state index is 13.4. The van der Waals surface area contributed by atoms with E-state index >= 15 is 0 Å². The first-order chi connectivity index (χ1) is 8.75. The normalized spacial score (nSPS) is 10.4. The van der Waals surface area contributed by atoms with Crippen LogP contribution in [0, 0.1) is 5.82 Å². The van der Waals surface area contributed by atoms with Crippen LogP contribution in [-0.2, 0) is 10.0 Å². The Hall–Kier alpha value is -1.43. The summed E-state index contributed by atoms with van der Waals surface area (Å²) in [4.78, 5) is 11.3. The van der Waals surface area contributed by atoms with Gasteiger partial charge in [-0.2, -0.15) is 0 Å². The van der Waals surface area contributed by atoms with Crippen LogP contribution in [0.15, 0.2) is 18.2 Å². The largest absolute Gasteiger partial charge is 0.294 e. The van der Waals surface area contributed by atoms with Crippen molar-refractivity contribution in [3.8, 4) is 0 Å². The van der Waals surface area contributed by atoms with Crippen LogP contribution in [0.4, 0.5) is 10.1 Å². The van der Waals surface area contributed by atoms with Crippen molar-refractivity contribution in [2.24, 2.45) is 0 Å². The molecule has 19 heavy (non-hydrogen) atoms. The lowest BCUT2D eigenvalue weighted by Crippen LogP contribution is -2.10. The predicted octanol–water partition coefficient (Wildman–Crippen LogP) is 3.21. The second-order valence-electron chi connectivity index (χ2n) is 4.05. The van der Waals surface area contributed by atoms with Crippen molar-refractivity contribution in [1.29, 1.82) is 0 Å². The van der Waals surface area contributed by atoms with E-state index in [1.165, 1.54) is 18.6 Å². The molecule has 1 N–H and O–H groups in total. The maximum Gasteiger partial charge on any atom is 0.229 e. The fourth-order valence-electron chi connectivity index (χ4n) is 1.21. The van der Waals surface area contributed by atoms with Crippen molar-refractivity contribution in [1.82, 2.24) is 0 Å². The van der Waals surface area contributed by atoms with Crippen molar-refractivity contribution >= 4 is 21.5 Å². The Labute approximate surface area is 114 Å². The van der Waals surface area contributed by atoms with E-state index in [0.717, 1.165) is 12.3 Å². The van der Waals surface area contributed by atoms with E-state index in [0.29, 0.717) is 0 Å². The van der Waals surface area contributed by atoms with Crippen LogP contribution in [0.3, 0.4) is 0 Å². The average Bonchev–Trinajstić information content (AvgIpc) is 2.27. The minimum absolute atomic E-state index is 0.0263. The third kappa shape index (κ3) is 6.91. The molecule has 0 heterocycles. The molecular formula is C13H20FNO3S. The minimum atomic E-state index is -3.43. The number of carbonyl (C=O) groups excluding carboxylic acids is 1. The molecule has 0 aromatic heterocycles. The smallest absolute Gasteiger partial charge is 0.229 e. The van der Waals surface area contributed by atoms with Gasteiger partial charge in [-0.1, -0.05) is 27.2 Å². The van der Waals surface area contributed by atoms with E-state index < -0.39 is 15.8 Å². The number of benzene rings is 1. The molecule has 4 nitrogen and oxygen atoms in total. The van der Waals surface area contributed by atoms with Gasteiger partial charge in [0.15, 0.2) is 5.78 Å². The van der Waals surface area contributed by atoms with Crippen LogP contribution < -0.4 is 4.72 Å². The lowest BCUT2D eigenvalue weighted by Gasteiger charge is -2.05. The zero-order chi connectivity index (χ0) is 15.1. The van der Waals surface area contributed by atoms with Crippen LogP contribution in [0.5, 0.6) is 0 Å². The van der Waals surface area contributed by atoms with E-state index in [1.807, 2.05) is 0 Å². The summed E-state index contributed by atoms with van der Waals surface area (Å²) >= 11 is 0. The highest BCUT2D eigenvalue weighted by Gasteiger charge is 2.11. The Morgan fingerprint density at radius 2 is 1.79 bits per heavy atom. The number of ketones is 1. The van der Waals surface area contributed by atoms with Crippen molar-refractivity contribution in [2.75, 3.05) is 11.0 Å². The van der Waals surface area contributed by atoms with Crippen molar-refractivity contribution in [2.45, 2.75) is 33.6 Å².